The zero-order valence-corrected chi connectivity index (χ0v) is 10.2. The molecule has 2 atom stereocenters. The number of hydrogen-bond donors (Lipinski definition) is 1. The maximum atomic E-state index is 10.8. The van der Waals surface area contributed by atoms with Crippen LogP contribution in [0.3, 0.4) is 0 Å². The van der Waals surface area contributed by atoms with E-state index >= 15 is 0 Å². The molecule has 0 amide bonds. The summed E-state index contributed by atoms with van der Waals surface area (Å²) in [6.45, 7) is 2.08. The molecule has 0 fully saturated rings. The van der Waals surface area contributed by atoms with E-state index < -0.39 is 5.97 Å². The van der Waals surface area contributed by atoms with E-state index in [4.69, 9.17) is 5.11 Å². The molecule has 16 heavy (non-hydrogen) atoms. The molecule has 1 heterocycles. The number of nitrogens with zero attached hydrogens (tertiary/aromatic N) is 1. The molecule has 3 nitrogen and oxygen atoms in total. The molecule has 2 rings (SSSR count). The van der Waals surface area contributed by atoms with Gasteiger partial charge in [0.2, 0.25) is 0 Å². The van der Waals surface area contributed by atoms with Gasteiger partial charge in [-0.05, 0) is 19.1 Å². The van der Waals surface area contributed by atoms with Crippen LogP contribution in [-0.2, 0) is 4.79 Å². The topological polar surface area (TPSA) is 40.5 Å². The Morgan fingerprint density at radius 3 is 2.88 bits per heavy atom. The van der Waals surface area contributed by atoms with Crippen molar-refractivity contribution in [3.63, 3.8) is 0 Å². The van der Waals surface area contributed by atoms with Crippen molar-refractivity contribution in [2.75, 3.05) is 11.9 Å². The molecule has 0 spiro atoms. The second-order valence-corrected chi connectivity index (χ2v) is 5.35. The van der Waals surface area contributed by atoms with Crippen molar-refractivity contribution in [1.82, 2.24) is 0 Å². The first-order valence-electron chi connectivity index (χ1n) is 5.30. The third kappa shape index (κ3) is 2.02. The van der Waals surface area contributed by atoms with Gasteiger partial charge in [0.05, 0.1) is 12.1 Å². The molecule has 0 saturated carbocycles. The highest BCUT2D eigenvalue weighted by molar-refractivity contribution is 8.00. The minimum Gasteiger partial charge on any atom is -0.481 e. The highest BCUT2D eigenvalue weighted by Crippen LogP contribution is 2.41. The molecule has 1 aromatic carbocycles. The Hall–Kier alpha value is -1.16. The Morgan fingerprint density at radius 2 is 2.19 bits per heavy atom. The van der Waals surface area contributed by atoms with Crippen LogP contribution in [0, 0.1) is 0 Å². The largest absolute Gasteiger partial charge is 0.481 e. The SMILES string of the molecule is CC1C(CC(=O)O)Sc2ccccc2N1C. The van der Waals surface area contributed by atoms with E-state index in [1.165, 1.54) is 10.6 Å². The Bertz CT molecular complexity index is 408. The summed E-state index contributed by atoms with van der Waals surface area (Å²) >= 11 is 1.67. The van der Waals surface area contributed by atoms with Gasteiger partial charge in [-0.1, -0.05) is 12.1 Å². The quantitative estimate of drug-likeness (QED) is 0.857. The first-order chi connectivity index (χ1) is 7.59. The van der Waals surface area contributed by atoms with Crippen molar-refractivity contribution in [3.05, 3.63) is 24.3 Å². The summed E-state index contributed by atoms with van der Waals surface area (Å²) in [5.74, 6) is -0.725. The van der Waals surface area contributed by atoms with Gasteiger partial charge < -0.3 is 10.0 Å². The number of benzene rings is 1. The van der Waals surface area contributed by atoms with Gasteiger partial charge in [0.15, 0.2) is 0 Å². The molecule has 0 bridgehead atoms. The van der Waals surface area contributed by atoms with Crippen LogP contribution in [0.2, 0.25) is 0 Å². The normalized spacial score (nSPS) is 24.0. The van der Waals surface area contributed by atoms with E-state index in [1.807, 2.05) is 19.2 Å². The number of carbonyl (C=O) groups is 1. The summed E-state index contributed by atoms with van der Waals surface area (Å²) in [5, 5.41) is 9.01. The molecule has 0 aromatic heterocycles. The van der Waals surface area contributed by atoms with Gasteiger partial charge in [0.1, 0.15) is 0 Å². The number of fused-ring (bicyclic) bond motifs is 1. The van der Waals surface area contributed by atoms with Crippen molar-refractivity contribution < 1.29 is 9.90 Å². The van der Waals surface area contributed by atoms with Crippen molar-refractivity contribution in [1.29, 1.82) is 0 Å². The second kappa shape index (κ2) is 4.37. The van der Waals surface area contributed by atoms with Crippen LogP contribution in [0.5, 0.6) is 0 Å². The molecule has 86 valence electrons. The smallest absolute Gasteiger partial charge is 0.304 e. The van der Waals surface area contributed by atoms with Crippen molar-refractivity contribution in [2.45, 2.75) is 29.5 Å². The van der Waals surface area contributed by atoms with Gasteiger partial charge in [-0.3, -0.25) is 4.79 Å². The maximum Gasteiger partial charge on any atom is 0.304 e. The number of carboxylic acid groups (broad SMARTS) is 1. The molecule has 1 aliphatic rings. The Labute approximate surface area is 99.5 Å². The molecule has 1 aromatic rings. The first-order valence-corrected chi connectivity index (χ1v) is 6.18. The average Bonchev–Trinajstić information content (AvgIpc) is 2.25. The molecule has 4 heteroatoms. The molecular weight excluding hydrogens is 222 g/mol. The number of hydrogen-bond acceptors (Lipinski definition) is 3. The molecule has 0 aliphatic carbocycles. The van der Waals surface area contributed by atoms with E-state index in [1.54, 1.807) is 11.8 Å². The number of anilines is 1. The second-order valence-electron chi connectivity index (χ2n) is 4.07. The monoisotopic (exact) mass is 237 g/mol. The molecule has 1 aliphatic heterocycles. The number of aliphatic carboxylic acids is 1. The van der Waals surface area contributed by atoms with Gasteiger partial charge in [0, 0.05) is 23.2 Å². The van der Waals surface area contributed by atoms with Crippen molar-refractivity contribution in [3.8, 4) is 0 Å². The third-order valence-corrected chi connectivity index (χ3v) is 4.51. The van der Waals surface area contributed by atoms with Crippen LogP contribution >= 0.6 is 11.8 Å². The van der Waals surface area contributed by atoms with Crippen molar-refractivity contribution >= 4 is 23.4 Å². The van der Waals surface area contributed by atoms with Gasteiger partial charge in [0.25, 0.3) is 0 Å². The van der Waals surface area contributed by atoms with Gasteiger partial charge in [-0.2, -0.15) is 0 Å². The zero-order valence-electron chi connectivity index (χ0n) is 9.38. The number of thioether (sulfide) groups is 1. The maximum absolute atomic E-state index is 10.8. The van der Waals surface area contributed by atoms with Crippen molar-refractivity contribution in [2.24, 2.45) is 0 Å². The Kier molecular flexibility index (Phi) is 3.10. The van der Waals surface area contributed by atoms with Gasteiger partial charge >= 0.3 is 5.97 Å². The van der Waals surface area contributed by atoms with Crippen LogP contribution in [0.1, 0.15) is 13.3 Å². The lowest BCUT2D eigenvalue weighted by Gasteiger charge is -2.38. The van der Waals surface area contributed by atoms with Gasteiger partial charge in [-0.15, -0.1) is 11.8 Å². The lowest BCUT2D eigenvalue weighted by Crippen LogP contribution is -2.41. The summed E-state index contributed by atoms with van der Waals surface area (Å²) in [6.07, 6.45) is 0.213. The van der Waals surface area contributed by atoms with E-state index in [0.29, 0.717) is 0 Å². The van der Waals surface area contributed by atoms with E-state index in [-0.39, 0.29) is 17.7 Å². The van der Waals surface area contributed by atoms with Crippen LogP contribution in [0.15, 0.2) is 29.2 Å². The predicted octanol–water partition coefficient (Wildman–Crippen LogP) is 2.46. The molecule has 1 N–H and O–H groups in total. The molecule has 0 radical (unpaired) electrons. The number of carboxylic acids is 1. The van der Waals surface area contributed by atoms with Gasteiger partial charge in [-0.25, -0.2) is 0 Å². The number of para-hydroxylation sites is 1. The van der Waals surface area contributed by atoms with Crippen LogP contribution in [0.25, 0.3) is 0 Å². The zero-order chi connectivity index (χ0) is 11.7. The molecule has 0 saturated heterocycles. The minimum atomic E-state index is -0.725. The predicted molar refractivity (Wildman–Crippen MR) is 66.2 cm³/mol. The first kappa shape index (κ1) is 11.3. The molecular formula is C12H15NO2S. The van der Waals surface area contributed by atoms with Crippen LogP contribution in [-0.4, -0.2) is 29.4 Å². The van der Waals surface area contributed by atoms with E-state index in [2.05, 4.69) is 24.0 Å². The fourth-order valence-electron chi connectivity index (χ4n) is 1.96. The summed E-state index contributed by atoms with van der Waals surface area (Å²) < 4.78 is 0. The third-order valence-electron chi connectivity index (χ3n) is 3.05. The van der Waals surface area contributed by atoms with E-state index in [0.717, 1.165) is 0 Å². The standard InChI is InChI=1S/C12H15NO2S/c1-8-11(7-12(14)15)16-10-6-4-3-5-9(10)13(8)2/h3-6,8,11H,7H2,1-2H3,(H,14,15). The van der Waals surface area contributed by atoms with Crippen LogP contribution < -0.4 is 4.90 Å². The highest BCUT2D eigenvalue weighted by atomic mass is 32.2. The minimum absolute atomic E-state index is 0.123. The lowest BCUT2D eigenvalue weighted by molar-refractivity contribution is -0.137. The summed E-state index contributed by atoms with van der Waals surface area (Å²) in [7, 11) is 2.03. The number of rotatable bonds is 2. The fraction of sp³-hybridized carbons (Fsp3) is 0.417. The summed E-state index contributed by atoms with van der Waals surface area (Å²) in [6, 6.07) is 8.39. The lowest BCUT2D eigenvalue weighted by atomic mass is 10.1. The summed E-state index contributed by atoms with van der Waals surface area (Å²) in [5.41, 5.74) is 1.20. The fourth-order valence-corrected chi connectivity index (χ4v) is 3.38. The summed E-state index contributed by atoms with van der Waals surface area (Å²) in [4.78, 5) is 14.1. The average molecular weight is 237 g/mol. The van der Waals surface area contributed by atoms with Crippen LogP contribution in [0.4, 0.5) is 5.69 Å². The Balaban J connectivity index is 2.28. The highest BCUT2D eigenvalue weighted by Gasteiger charge is 2.30. The Morgan fingerprint density at radius 1 is 1.50 bits per heavy atom. The van der Waals surface area contributed by atoms with E-state index in [9.17, 15) is 4.79 Å². The molecule has 2 unspecified atom stereocenters.